The van der Waals surface area contributed by atoms with Crippen LogP contribution in [0.5, 0.6) is 23.0 Å². The molecule has 524 valence electrons. The molecular formula is C61H66Cl2F4I11N2NaO11S3. The van der Waals surface area contributed by atoms with E-state index in [2.05, 4.69) is 231 Å². The van der Waals surface area contributed by atoms with E-state index in [4.69, 9.17) is 41.0 Å². The van der Waals surface area contributed by atoms with Crippen LogP contribution >= 0.6 is 156 Å². The third-order valence-electron chi connectivity index (χ3n) is 14.4. The Bertz CT molecular complexity index is 3160. The van der Waals surface area contributed by atoms with Crippen LogP contribution in [0, 0.1) is 6.43 Å². The number of para-hydroxylation sites is 4. The van der Waals surface area contributed by atoms with Gasteiger partial charge in [-0.2, -0.15) is 8.78 Å². The van der Waals surface area contributed by atoms with Crippen molar-refractivity contribution >= 4 is 200 Å². The fourth-order valence-electron chi connectivity index (χ4n) is 10.5. The average molecular weight is 2670 g/mol. The van der Waals surface area contributed by atoms with Crippen molar-refractivity contribution < 1.29 is 123 Å². The predicted molar refractivity (Wildman–Crippen MR) is 445 cm³/mol. The van der Waals surface area contributed by atoms with Crippen molar-refractivity contribution in [1.82, 2.24) is 9.80 Å². The van der Waals surface area contributed by atoms with Crippen LogP contribution < -0.4 is 64.7 Å². The monoisotopic (exact) mass is 2660 g/mol. The number of alkyl halides is 2. The molecule has 6 aromatic rings. The topological polar surface area (TPSA) is 147 Å². The zero-order chi connectivity index (χ0) is 66.2. The Morgan fingerprint density at radius 3 is 1.19 bits per heavy atom. The number of hydrogen-bond donors (Lipinski definition) is 0. The number of ether oxygens (including phenoxy) is 6. The standard InChI is InChI=1S/2C18H13OS.C13H21F2NO3.C12H18F2NO3.2ClH.I11.Na.O3S/c2*1-2-8-14(9-3-1)20-17-12-6-4-10-15(17)19-16-11-5-7-13-18(16)20;1-13(14,15)12(17)19-11-5-3-2-4-10(11)16-6-8-18-9-7-16;13-11(14)12(16)18-10-4-2-1-3-9(10)15-5-7-17-8-6-15;;;1-7-9(4)11(6)10(5)8(2)3;;1-4(2)3/h2*1-13H;10-11H,2-9H2,1H3;9-10H,1-8H2;2*1H;;;/q2*+1;;-1;;;-1;+1;/p-1. The number of hydrogen-bond acceptors (Lipinski definition) is 13. The molecule has 34 heteroatoms. The van der Waals surface area contributed by atoms with Gasteiger partial charge in [0, 0.05) is 51.6 Å². The summed E-state index contributed by atoms with van der Waals surface area (Å²) in [6, 6.07) is 54.7. The van der Waals surface area contributed by atoms with E-state index in [0.29, 0.717) is 59.4 Å². The Kier molecular flexibility index (Phi) is 46.3. The number of morpholine rings is 2. The van der Waals surface area contributed by atoms with Gasteiger partial charge in [0.2, 0.25) is 25.6 Å². The largest absolute Gasteiger partial charge is 1.00 e. The maximum atomic E-state index is 12.9. The van der Waals surface area contributed by atoms with Crippen molar-refractivity contribution in [3.8, 4) is 23.0 Å². The predicted octanol–water partition coefficient (Wildman–Crippen LogP) is 12.5. The Morgan fingerprint density at radius 2 is 0.874 bits per heavy atom. The van der Waals surface area contributed by atoms with Crippen LogP contribution in [0.1, 0.15) is 58.3 Å². The number of halogens is 17. The van der Waals surface area contributed by atoms with Gasteiger partial charge in [0.05, 0.1) is 26.4 Å². The maximum Gasteiger partial charge on any atom is 1.00 e. The summed E-state index contributed by atoms with van der Waals surface area (Å²) in [5.74, 6) is -2.40. The Hall–Kier alpha value is 3.22. The summed E-state index contributed by atoms with van der Waals surface area (Å²) >= 11 is 17.8. The van der Waals surface area contributed by atoms with E-state index in [1.165, 1.54) is 29.4 Å². The summed E-state index contributed by atoms with van der Waals surface area (Å²) in [4.78, 5) is 34.4. The summed E-state index contributed by atoms with van der Waals surface area (Å²) in [5.41, 5.74) is 0. The second kappa shape index (κ2) is 48.5. The van der Waals surface area contributed by atoms with E-state index in [-0.39, 0.29) is 120 Å². The van der Waals surface area contributed by atoms with E-state index in [0.717, 1.165) is 87.7 Å². The van der Waals surface area contributed by atoms with Gasteiger partial charge in [-0.05, 0) is 111 Å². The van der Waals surface area contributed by atoms with Gasteiger partial charge in [0.1, 0.15) is 34.0 Å². The first-order chi connectivity index (χ1) is 44.3. The van der Waals surface area contributed by atoms with Gasteiger partial charge in [-0.1, -0.05) is 97.8 Å². The molecule has 4 atom stereocenters. The van der Waals surface area contributed by atoms with E-state index in [1.807, 2.05) is 48.5 Å². The van der Waals surface area contributed by atoms with E-state index < -0.39 is 47.1 Å². The number of carbonyl (C=O) groups excluding carboxylic acids is 2. The molecule has 6 aliphatic rings. The fourth-order valence-corrected chi connectivity index (χ4v) is 1060. The molecule has 0 aromatic heterocycles. The molecule has 13 nitrogen and oxygen atoms in total. The van der Waals surface area contributed by atoms with Crippen molar-refractivity contribution in [2.45, 2.75) is 118 Å². The van der Waals surface area contributed by atoms with E-state index >= 15 is 0 Å². The van der Waals surface area contributed by atoms with Crippen LogP contribution in [0.25, 0.3) is 0 Å². The Morgan fingerprint density at radius 1 is 0.558 bits per heavy atom. The van der Waals surface area contributed by atoms with Gasteiger partial charge in [-0.15, -0.1) is 25.0 Å². The molecule has 4 heterocycles. The molecule has 2 aliphatic carbocycles. The first kappa shape index (κ1) is 90.6. The maximum absolute atomic E-state index is 12.9. The average Bonchev–Trinajstić information content (AvgIpc) is 0.774. The molecule has 4 unspecified atom stereocenters. The summed E-state index contributed by atoms with van der Waals surface area (Å²) < 4.78 is 108. The summed E-state index contributed by atoms with van der Waals surface area (Å²) in [6.07, 6.45) is 4.00. The van der Waals surface area contributed by atoms with Crippen LogP contribution in [-0.4, -0.2) is 117 Å². The molecule has 95 heavy (non-hydrogen) atoms. The molecule has 2 saturated heterocycles. The number of fused-ring (bicyclic) bond motifs is 4. The molecule has 4 fully saturated rings. The zero-order valence-corrected chi connectivity index (χ0v) is 80.5. The first-order valence-electron chi connectivity index (χ1n) is 28.4. The van der Waals surface area contributed by atoms with Gasteiger partial charge in [0.25, 0.3) is 0 Å². The van der Waals surface area contributed by atoms with Crippen LogP contribution in [0.2, 0.25) is 0 Å². The van der Waals surface area contributed by atoms with Gasteiger partial charge < -0.3 is 49.6 Å². The number of rotatable bonds is 12. The van der Waals surface area contributed by atoms with Gasteiger partial charge in [-0.25, -0.2) is 4.79 Å². The number of nitrogens with zero attached hydrogens (tertiary/aromatic N) is 2. The van der Waals surface area contributed by atoms with Crippen molar-refractivity contribution in [2.24, 2.45) is 0 Å². The molecular weight excluding hydrogens is 2600 g/mol. The normalized spacial score (nSPS) is 19.4. The molecule has 2 saturated carbocycles. The molecule has 0 spiro atoms. The number of esters is 2. The molecule has 4 aliphatic heterocycles. The quantitative estimate of drug-likeness (QED) is 0.0286. The third-order valence-corrected chi connectivity index (χ3v) is 597. The molecule has 12 rings (SSSR count). The van der Waals surface area contributed by atoms with Crippen molar-refractivity contribution in [1.29, 1.82) is 0 Å². The van der Waals surface area contributed by atoms with Gasteiger partial charge >= 0.3 is 209 Å². The summed E-state index contributed by atoms with van der Waals surface area (Å²) in [7, 11) is -4.43. The van der Waals surface area contributed by atoms with Gasteiger partial charge in [-0.3, -0.25) is 14.6 Å². The van der Waals surface area contributed by atoms with Crippen LogP contribution in [0.4, 0.5) is 17.6 Å². The molecule has 0 N–H and O–H groups in total. The zero-order valence-electron chi connectivity index (χ0n) is 50.7. The Labute approximate surface area is 677 Å². The summed E-state index contributed by atoms with van der Waals surface area (Å²) in [5, 5.41) is 0. The SMILES string of the molecule is CC(F)(F)C(=O)OC1CCCCC1N1CCOCC1.Cl.I[I-]I(I)I(I)I(I)I(I)I.O=C(OC1CCCCC1N1CCOCC1)[C-](F)F.O=S(=O)=O.[Cl-].[Na+].c1ccc([S+]2c3ccccc3Oc3ccccc32)cc1.c1ccc([S+]2c3ccccc3Oc3ccccc32)cc1. The smallest absolute Gasteiger partial charge is 1.00 e. The van der Waals surface area contributed by atoms with Crippen molar-refractivity contribution in [3.63, 3.8) is 0 Å². The van der Waals surface area contributed by atoms with Crippen molar-refractivity contribution in [2.75, 3.05) is 52.6 Å². The van der Waals surface area contributed by atoms with Crippen LogP contribution in [0.3, 0.4) is 0 Å². The number of benzene rings is 6. The van der Waals surface area contributed by atoms with Crippen LogP contribution in [0.15, 0.2) is 187 Å². The minimum absolute atomic E-state index is 0. The second-order valence-corrected chi connectivity index (χ2v) is 236. The molecule has 6 aromatic carbocycles. The number of carbonyl (C=O) groups is 2. The van der Waals surface area contributed by atoms with Crippen molar-refractivity contribution in [3.05, 3.63) is 164 Å². The molecule has 0 amide bonds. The summed E-state index contributed by atoms with van der Waals surface area (Å²) in [6.45, 7) is 6.31. The van der Waals surface area contributed by atoms with E-state index in [1.54, 1.807) is 0 Å². The molecule has 0 radical (unpaired) electrons. The Balaban J connectivity index is 0.000000250. The minimum atomic E-state index is -3.41. The fraction of sp³-hybridized carbons (Fsp3) is 0.361. The second-order valence-electron chi connectivity index (χ2n) is 20.2. The van der Waals surface area contributed by atoms with Crippen LogP contribution in [-0.2, 0) is 60.9 Å². The minimum Gasteiger partial charge on any atom is -1.00 e. The first-order valence-corrected chi connectivity index (χ1v) is 94.7. The van der Waals surface area contributed by atoms with Gasteiger partial charge in [0.15, 0.2) is 32.8 Å². The van der Waals surface area contributed by atoms with E-state index in [9.17, 15) is 27.2 Å². The molecule has 0 bridgehead atoms. The third kappa shape index (κ3) is 29.4.